The van der Waals surface area contributed by atoms with E-state index in [0.29, 0.717) is 6.42 Å². The van der Waals surface area contributed by atoms with E-state index in [1.807, 2.05) is 0 Å². The third kappa shape index (κ3) is 6.10. The first-order chi connectivity index (χ1) is 15.8. The monoisotopic (exact) mass is 560 g/mol. The summed E-state index contributed by atoms with van der Waals surface area (Å²) in [6.45, 7) is 21.8. The van der Waals surface area contributed by atoms with Crippen molar-refractivity contribution in [1.29, 1.82) is 0 Å². The Labute approximate surface area is 217 Å². The van der Waals surface area contributed by atoms with Gasteiger partial charge in [-0.2, -0.15) is 0 Å². The number of H-pyrrole nitrogens is 1. The van der Waals surface area contributed by atoms with Crippen molar-refractivity contribution in [2.45, 2.75) is 114 Å². The predicted molar refractivity (Wildman–Crippen MR) is 148 cm³/mol. The Kier molecular flexibility index (Phi) is 8.20. The summed E-state index contributed by atoms with van der Waals surface area (Å²) in [5.41, 5.74) is -1.02. The van der Waals surface area contributed by atoms with Gasteiger partial charge in [-0.25, -0.2) is 4.79 Å². The molecule has 0 saturated carbocycles. The largest absolute Gasteiger partial charge is 0.408 e. The Hall–Kier alpha value is -0.636. The van der Waals surface area contributed by atoms with Crippen LogP contribution in [0.15, 0.2) is 21.9 Å². The molecule has 0 unspecified atom stereocenters. The van der Waals surface area contributed by atoms with Crippen LogP contribution in [0.25, 0.3) is 0 Å². The van der Waals surface area contributed by atoms with Gasteiger partial charge in [0.25, 0.3) is 5.56 Å². The zero-order valence-electron chi connectivity index (χ0n) is 22.5. The van der Waals surface area contributed by atoms with Gasteiger partial charge in [0.05, 0.1) is 5.25 Å². The molecule has 2 aliphatic heterocycles. The van der Waals surface area contributed by atoms with Gasteiger partial charge in [0.1, 0.15) is 18.3 Å². The van der Waals surface area contributed by atoms with Gasteiger partial charge in [-0.3, -0.25) is 19.1 Å². The maximum absolute atomic E-state index is 12.9. The molecule has 3 rings (SSSR count). The smallest absolute Gasteiger partial charge is 0.330 e. The van der Waals surface area contributed by atoms with Crippen LogP contribution >= 0.6 is 21.6 Å². The number of hydrogen-bond acceptors (Lipinski definition) is 8. The molecule has 0 bridgehead atoms. The summed E-state index contributed by atoms with van der Waals surface area (Å²) in [4.78, 5) is 39.1. The lowest BCUT2D eigenvalue weighted by molar-refractivity contribution is -0.111. The maximum atomic E-state index is 12.9. The van der Waals surface area contributed by atoms with Gasteiger partial charge in [0.15, 0.2) is 22.9 Å². The molecule has 1 N–H and O–H groups in total. The molecule has 8 nitrogen and oxygen atoms in total. The molecule has 0 aliphatic carbocycles. The first-order valence-electron chi connectivity index (χ1n) is 12.0. The highest BCUT2D eigenvalue weighted by molar-refractivity contribution is 8.83. The van der Waals surface area contributed by atoms with Crippen LogP contribution in [0, 0.1) is 0 Å². The van der Waals surface area contributed by atoms with Gasteiger partial charge in [-0.15, -0.1) is 0 Å². The Morgan fingerprint density at radius 1 is 0.971 bits per heavy atom. The van der Waals surface area contributed by atoms with Crippen LogP contribution in [0.5, 0.6) is 0 Å². The highest BCUT2D eigenvalue weighted by atomic mass is 33.1. The van der Waals surface area contributed by atoms with E-state index in [2.05, 4.69) is 72.7 Å². The fourth-order valence-electron chi connectivity index (χ4n) is 3.63. The van der Waals surface area contributed by atoms with Gasteiger partial charge in [0, 0.05) is 18.7 Å². The summed E-state index contributed by atoms with van der Waals surface area (Å²) in [6, 6.07) is 1.31. The summed E-state index contributed by atoms with van der Waals surface area (Å²) < 4.78 is 22.0. The SMILES string of the molecule is CC(C)(C)[Si](C)(C)O[C@H]1[C@@H](O[Si](C)(C)C(C)(C)C)[C@H](n2ccc(=O)[nH]c2=O)O[C@@H]1[C@@H]1CC(=O)SS1. The predicted octanol–water partition coefficient (Wildman–Crippen LogP) is 4.90. The van der Waals surface area contributed by atoms with Crippen LogP contribution in [-0.2, 0) is 18.4 Å². The topological polar surface area (TPSA) is 99.6 Å². The molecule has 12 heteroatoms. The molecule has 0 radical (unpaired) electrons. The third-order valence-corrected chi connectivity index (χ3v) is 19.5. The average Bonchev–Trinajstić information content (AvgIpc) is 3.24. The normalized spacial score (nSPS) is 28.6. The van der Waals surface area contributed by atoms with Crippen molar-refractivity contribution < 1.29 is 18.4 Å². The molecular weight excluding hydrogens is 521 g/mol. The molecular formula is C23H40N2O6S2Si2. The summed E-state index contributed by atoms with van der Waals surface area (Å²) in [5, 5.41) is -0.141. The summed E-state index contributed by atoms with van der Waals surface area (Å²) in [6.07, 6.45) is -0.419. The Balaban J connectivity index is 2.14. The third-order valence-electron chi connectivity index (χ3n) is 7.82. The number of hydrogen-bond donors (Lipinski definition) is 1. The minimum atomic E-state index is -2.33. The summed E-state index contributed by atoms with van der Waals surface area (Å²) in [5.74, 6) is 0. The minimum absolute atomic E-state index is 0.0562. The molecule has 198 valence electrons. The van der Waals surface area contributed by atoms with Crippen LogP contribution in [0.4, 0.5) is 0 Å². The maximum Gasteiger partial charge on any atom is 0.330 e. The molecule has 1 aromatic rings. The van der Waals surface area contributed by atoms with Crippen LogP contribution in [0.3, 0.4) is 0 Å². The van der Waals surface area contributed by atoms with E-state index in [9.17, 15) is 14.4 Å². The number of aromatic amines is 1. The number of aromatic nitrogens is 2. The van der Waals surface area contributed by atoms with E-state index >= 15 is 0 Å². The van der Waals surface area contributed by atoms with E-state index in [0.717, 1.165) is 0 Å². The van der Waals surface area contributed by atoms with Crippen molar-refractivity contribution in [3.8, 4) is 0 Å². The van der Waals surface area contributed by atoms with Crippen LogP contribution in [0.1, 0.15) is 54.2 Å². The zero-order chi connectivity index (χ0) is 26.6. The second kappa shape index (κ2) is 9.92. The fraction of sp³-hybridized carbons (Fsp3) is 0.783. The van der Waals surface area contributed by atoms with Gasteiger partial charge in [-0.1, -0.05) is 52.3 Å². The van der Waals surface area contributed by atoms with Crippen LogP contribution in [-0.4, -0.2) is 54.9 Å². The molecule has 1 aromatic heterocycles. The van der Waals surface area contributed by atoms with Gasteiger partial charge in [-0.05, 0) is 47.1 Å². The highest BCUT2D eigenvalue weighted by Gasteiger charge is 2.57. The van der Waals surface area contributed by atoms with Crippen molar-refractivity contribution in [2.24, 2.45) is 0 Å². The Morgan fingerprint density at radius 2 is 1.51 bits per heavy atom. The average molecular weight is 561 g/mol. The summed E-state index contributed by atoms with van der Waals surface area (Å²) in [7, 11) is -1.87. The first-order valence-corrected chi connectivity index (χ1v) is 20.1. The van der Waals surface area contributed by atoms with Crippen molar-refractivity contribution in [3.63, 3.8) is 0 Å². The second-order valence-corrected chi connectivity index (χ2v) is 24.5. The molecule has 2 saturated heterocycles. The highest BCUT2D eigenvalue weighted by Crippen LogP contribution is 2.50. The molecule has 5 atom stereocenters. The number of carbonyl (C=O) groups is 1. The van der Waals surface area contributed by atoms with E-state index in [-0.39, 0.29) is 20.4 Å². The number of nitrogens with one attached hydrogen (secondary N) is 1. The van der Waals surface area contributed by atoms with Gasteiger partial charge < -0.3 is 13.6 Å². The minimum Gasteiger partial charge on any atom is -0.408 e. The molecule has 35 heavy (non-hydrogen) atoms. The quantitative estimate of drug-likeness (QED) is 0.388. The zero-order valence-corrected chi connectivity index (χ0v) is 26.1. The molecule has 0 spiro atoms. The lowest BCUT2D eigenvalue weighted by Crippen LogP contribution is -2.54. The van der Waals surface area contributed by atoms with E-state index < -0.39 is 52.4 Å². The van der Waals surface area contributed by atoms with Gasteiger partial charge >= 0.3 is 5.69 Å². The number of carbonyl (C=O) groups excluding carboxylic acids is 1. The van der Waals surface area contributed by atoms with E-state index in [4.69, 9.17) is 13.6 Å². The molecule has 0 aromatic carbocycles. The van der Waals surface area contributed by atoms with Crippen molar-refractivity contribution in [1.82, 2.24) is 9.55 Å². The van der Waals surface area contributed by atoms with Crippen LogP contribution < -0.4 is 11.2 Å². The number of nitrogens with zero attached hydrogens (tertiary/aromatic N) is 1. The Morgan fingerprint density at radius 3 is 1.97 bits per heavy atom. The standard InChI is InChI=1S/C23H40N2O6S2Si2/c1-22(2,3)34(7,8)30-18-17(14-13-16(27)33-32-14)29-20(25-12-11-15(26)24-21(25)28)19(18)31-35(9,10)23(4,5)6/h11-12,14,17-20H,13H2,1-10H3,(H,24,26,28)/t14-,17+,18+,19+,20+/m0/s1. The molecule has 2 aliphatic rings. The van der Waals surface area contributed by atoms with E-state index in [1.165, 1.54) is 38.4 Å². The molecule has 2 fully saturated rings. The lowest BCUT2D eigenvalue weighted by Gasteiger charge is -2.44. The molecule has 0 amide bonds. The number of rotatable bonds is 6. The van der Waals surface area contributed by atoms with Crippen molar-refractivity contribution in [2.75, 3.05) is 0 Å². The molecule has 3 heterocycles. The second-order valence-electron chi connectivity index (χ2n) is 12.5. The first kappa shape index (κ1) is 28.9. The lowest BCUT2D eigenvalue weighted by atomic mass is 10.1. The van der Waals surface area contributed by atoms with Crippen molar-refractivity contribution >= 4 is 43.3 Å². The Bertz CT molecular complexity index is 1060. The van der Waals surface area contributed by atoms with E-state index in [1.54, 1.807) is 0 Å². The van der Waals surface area contributed by atoms with Crippen LogP contribution in [0.2, 0.25) is 36.3 Å². The summed E-state index contributed by atoms with van der Waals surface area (Å²) >= 11 is 0. The number of ether oxygens (including phenoxy) is 1. The fourth-order valence-corrected chi connectivity index (χ4v) is 8.78. The van der Waals surface area contributed by atoms with Crippen molar-refractivity contribution in [3.05, 3.63) is 33.1 Å². The van der Waals surface area contributed by atoms with Gasteiger partial charge in [0.2, 0.25) is 5.12 Å².